The second-order valence-electron chi connectivity index (χ2n) is 5.96. The highest BCUT2D eigenvalue weighted by Gasteiger charge is 2.33. The summed E-state index contributed by atoms with van der Waals surface area (Å²) >= 11 is 0. The number of rotatable bonds is 7. The third-order valence-corrected chi connectivity index (χ3v) is 4.54. The van der Waals surface area contributed by atoms with Crippen LogP contribution >= 0.6 is 0 Å². The zero-order valence-electron chi connectivity index (χ0n) is 13.2. The Labute approximate surface area is 123 Å². The molecule has 1 aromatic carbocycles. The van der Waals surface area contributed by atoms with Gasteiger partial charge in [-0.15, -0.1) is 0 Å². The molecule has 1 aliphatic rings. The number of ether oxygens (including phenoxy) is 1. The van der Waals surface area contributed by atoms with Gasteiger partial charge >= 0.3 is 0 Å². The fraction of sp³-hybridized carbons (Fsp3) is 0.667. The molecule has 0 bridgehead atoms. The van der Waals surface area contributed by atoms with E-state index in [9.17, 15) is 0 Å². The van der Waals surface area contributed by atoms with Crippen molar-refractivity contribution in [3.05, 3.63) is 35.4 Å². The first kappa shape index (κ1) is 15.5. The lowest BCUT2D eigenvalue weighted by Gasteiger charge is -2.29. The summed E-state index contributed by atoms with van der Waals surface area (Å²) in [7, 11) is 0. The largest absolute Gasteiger partial charge is 0.378 e. The minimum Gasteiger partial charge on any atom is -0.378 e. The van der Waals surface area contributed by atoms with Crippen molar-refractivity contribution in [2.75, 3.05) is 13.2 Å². The molecule has 2 rings (SSSR count). The molecule has 0 aliphatic carbocycles. The Bertz CT molecular complexity index is 404. The minimum absolute atomic E-state index is 0.438. The summed E-state index contributed by atoms with van der Waals surface area (Å²) < 4.78 is 5.90. The van der Waals surface area contributed by atoms with E-state index in [1.807, 2.05) is 0 Å². The number of hydrogen-bond donors (Lipinski definition) is 1. The molecule has 1 N–H and O–H groups in total. The van der Waals surface area contributed by atoms with Crippen LogP contribution in [0.4, 0.5) is 0 Å². The lowest BCUT2D eigenvalue weighted by atomic mass is 9.86. The predicted molar refractivity (Wildman–Crippen MR) is 85.1 cm³/mol. The highest BCUT2D eigenvalue weighted by atomic mass is 16.5. The number of aryl methyl sites for hydroxylation is 1. The van der Waals surface area contributed by atoms with Gasteiger partial charge in [0.2, 0.25) is 0 Å². The maximum atomic E-state index is 5.90. The molecular weight excluding hydrogens is 246 g/mol. The Morgan fingerprint density at radius 1 is 1.30 bits per heavy atom. The van der Waals surface area contributed by atoms with Gasteiger partial charge in [-0.3, -0.25) is 0 Å². The molecule has 0 spiro atoms. The van der Waals surface area contributed by atoms with Crippen LogP contribution in [-0.4, -0.2) is 25.3 Å². The molecular formula is C18H29NO. The van der Waals surface area contributed by atoms with Crippen LogP contribution in [0.3, 0.4) is 0 Å². The van der Waals surface area contributed by atoms with Gasteiger partial charge < -0.3 is 10.1 Å². The summed E-state index contributed by atoms with van der Waals surface area (Å²) in [6, 6.07) is 9.31. The fourth-order valence-corrected chi connectivity index (χ4v) is 3.33. The first-order valence-electron chi connectivity index (χ1n) is 8.15. The van der Waals surface area contributed by atoms with E-state index in [0.29, 0.717) is 18.1 Å². The van der Waals surface area contributed by atoms with Crippen LogP contribution < -0.4 is 5.32 Å². The molecule has 20 heavy (non-hydrogen) atoms. The van der Waals surface area contributed by atoms with Crippen LogP contribution in [0.1, 0.15) is 44.2 Å². The average molecular weight is 275 g/mol. The van der Waals surface area contributed by atoms with Crippen molar-refractivity contribution in [3.8, 4) is 0 Å². The Balaban J connectivity index is 2.09. The Hall–Kier alpha value is -0.860. The van der Waals surface area contributed by atoms with Gasteiger partial charge in [0.25, 0.3) is 0 Å². The quantitative estimate of drug-likeness (QED) is 0.819. The second-order valence-corrected chi connectivity index (χ2v) is 5.96. The van der Waals surface area contributed by atoms with Gasteiger partial charge in [0.1, 0.15) is 0 Å². The number of benzene rings is 1. The Morgan fingerprint density at radius 2 is 2.10 bits per heavy atom. The van der Waals surface area contributed by atoms with E-state index < -0.39 is 0 Å². The van der Waals surface area contributed by atoms with E-state index in [1.165, 1.54) is 24.0 Å². The maximum Gasteiger partial charge on any atom is 0.0616 e. The topological polar surface area (TPSA) is 21.3 Å². The molecule has 3 atom stereocenters. The fourth-order valence-electron chi connectivity index (χ4n) is 3.33. The zero-order valence-corrected chi connectivity index (χ0v) is 13.2. The van der Waals surface area contributed by atoms with E-state index in [0.717, 1.165) is 26.0 Å². The first-order valence-corrected chi connectivity index (χ1v) is 8.15. The predicted octanol–water partition coefficient (Wildman–Crippen LogP) is 3.72. The molecule has 3 unspecified atom stereocenters. The van der Waals surface area contributed by atoms with Crippen LogP contribution in [0.15, 0.2) is 24.3 Å². The monoisotopic (exact) mass is 275 g/mol. The normalized spacial score (nSPS) is 23.9. The zero-order chi connectivity index (χ0) is 14.4. The first-order chi connectivity index (χ1) is 9.76. The summed E-state index contributed by atoms with van der Waals surface area (Å²) in [5.74, 6) is 0.658. The van der Waals surface area contributed by atoms with Crippen LogP contribution in [0.25, 0.3) is 0 Å². The van der Waals surface area contributed by atoms with Gasteiger partial charge in [-0.2, -0.15) is 0 Å². The van der Waals surface area contributed by atoms with Crippen molar-refractivity contribution in [2.45, 2.75) is 58.6 Å². The highest BCUT2D eigenvalue weighted by Crippen LogP contribution is 2.28. The van der Waals surface area contributed by atoms with Crippen LogP contribution in [-0.2, 0) is 11.2 Å². The lowest BCUT2D eigenvalue weighted by molar-refractivity contribution is 0.0774. The Kier molecular flexibility index (Phi) is 6.06. The van der Waals surface area contributed by atoms with E-state index in [1.54, 1.807) is 0 Å². The smallest absolute Gasteiger partial charge is 0.0616 e. The average Bonchev–Trinajstić information content (AvgIpc) is 2.93. The van der Waals surface area contributed by atoms with Crippen LogP contribution in [0, 0.1) is 12.8 Å². The summed E-state index contributed by atoms with van der Waals surface area (Å²) in [4.78, 5) is 0. The molecule has 1 saturated heterocycles. The molecule has 2 heteroatoms. The molecule has 112 valence electrons. The van der Waals surface area contributed by atoms with Crippen LogP contribution in [0.2, 0.25) is 0 Å². The van der Waals surface area contributed by atoms with Crippen molar-refractivity contribution >= 4 is 0 Å². The molecule has 1 aliphatic heterocycles. The lowest BCUT2D eigenvalue weighted by Crippen LogP contribution is -2.42. The van der Waals surface area contributed by atoms with Gasteiger partial charge in [0.05, 0.1) is 6.10 Å². The van der Waals surface area contributed by atoms with E-state index in [2.05, 4.69) is 50.4 Å². The molecule has 0 amide bonds. The van der Waals surface area contributed by atoms with Gasteiger partial charge in [-0.25, -0.2) is 0 Å². The molecule has 0 radical (unpaired) electrons. The molecule has 1 heterocycles. The summed E-state index contributed by atoms with van der Waals surface area (Å²) in [6.07, 6.45) is 5.08. The molecule has 1 aromatic rings. The van der Waals surface area contributed by atoms with Crippen molar-refractivity contribution in [1.82, 2.24) is 5.32 Å². The maximum absolute atomic E-state index is 5.90. The van der Waals surface area contributed by atoms with Crippen molar-refractivity contribution in [2.24, 2.45) is 5.92 Å². The summed E-state index contributed by atoms with van der Waals surface area (Å²) in [5.41, 5.74) is 2.88. The second kappa shape index (κ2) is 7.80. The third kappa shape index (κ3) is 3.83. The molecule has 1 fully saturated rings. The minimum atomic E-state index is 0.438. The molecule has 0 aromatic heterocycles. The van der Waals surface area contributed by atoms with Crippen molar-refractivity contribution in [3.63, 3.8) is 0 Å². The Morgan fingerprint density at radius 3 is 2.80 bits per heavy atom. The van der Waals surface area contributed by atoms with Crippen molar-refractivity contribution < 1.29 is 4.74 Å². The molecule has 0 saturated carbocycles. The van der Waals surface area contributed by atoms with Gasteiger partial charge in [0.15, 0.2) is 0 Å². The van der Waals surface area contributed by atoms with Gasteiger partial charge in [0, 0.05) is 18.6 Å². The van der Waals surface area contributed by atoms with Crippen molar-refractivity contribution in [1.29, 1.82) is 0 Å². The van der Waals surface area contributed by atoms with Crippen LogP contribution in [0.5, 0.6) is 0 Å². The molecule has 2 nitrogen and oxygen atoms in total. The summed E-state index contributed by atoms with van der Waals surface area (Å²) in [5, 5.41) is 3.77. The SMILES string of the molecule is CCCNC(Cc1ccccc1C)C1CCOC1CC. The number of hydrogen-bond acceptors (Lipinski definition) is 2. The van der Waals surface area contributed by atoms with E-state index >= 15 is 0 Å². The van der Waals surface area contributed by atoms with E-state index in [4.69, 9.17) is 4.74 Å². The third-order valence-electron chi connectivity index (χ3n) is 4.54. The van der Waals surface area contributed by atoms with E-state index in [-0.39, 0.29) is 0 Å². The van der Waals surface area contributed by atoms with Gasteiger partial charge in [-0.1, -0.05) is 38.1 Å². The summed E-state index contributed by atoms with van der Waals surface area (Å²) in [6.45, 7) is 8.73. The standard InChI is InChI=1S/C18H29NO/c1-4-11-19-17(16-10-12-20-18(16)5-2)13-15-9-7-6-8-14(15)3/h6-9,16-19H,4-5,10-13H2,1-3H3. The van der Waals surface area contributed by atoms with Gasteiger partial charge in [-0.05, 0) is 50.3 Å². The highest BCUT2D eigenvalue weighted by molar-refractivity contribution is 5.26. The number of nitrogens with one attached hydrogen (secondary N) is 1.